The van der Waals surface area contributed by atoms with Crippen molar-refractivity contribution in [1.29, 1.82) is 5.26 Å². The van der Waals surface area contributed by atoms with E-state index in [9.17, 15) is 5.11 Å². The number of alkyl halides is 1. The molecular weight excluding hydrogens is 235 g/mol. The van der Waals surface area contributed by atoms with Crippen LogP contribution >= 0.6 is 23.2 Å². The van der Waals surface area contributed by atoms with E-state index >= 15 is 0 Å². The third kappa shape index (κ3) is 3.28. The minimum atomic E-state index is -0.641. The lowest BCUT2D eigenvalue weighted by molar-refractivity contribution is 0.211. The van der Waals surface area contributed by atoms with Crippen molar-refractivity contribution in [2.45, 2.75) is 6.10 Å². The van der Waals surface area contributed by atoms with Gasteiger partial charge in [-0.25, -0.2) is 0 Å². The van der Waals surface area contributed by atoms with Crippen molar-refractivity contribution < 1.29 is 5.11 Å². The summed E-state index contributed by atoms with van der Waals surface area (Å²) >= 11 is 11.3. The Balaban J connectivity index is 2.77. The van der Waals surface area contributed by atoms with E-state index in [1.54, 1.807) is 18.2 Å². The van der Waals surface area contributed by atoms with Crippen LogP contribution in [0.2, 0.25) is 5.02 Å². The SMILES string of the molecule is N#Cc1c(Cl)cccc1NCC(O)CCl. The highest BCUT2D eigenvalue weighted by Gasteiger charge is 2.07. The molecule has 0 radical (unpaired) electrons. The fourth-order valence-electron chi connectivity index (χ4n) is 1.07. The molecule has 1 rings (SSSR count). The highest BCUT2D eigenvalue weighted by Crippen LogP contribution is 2.23. The molecule has 1 atom stereocenters. The molecule has 0 aromatic heterocycles. The van der Waals surface area contributed by atoms with E-state index in [0.717, 1.165) is 0 Å². The van der Waals surface area contributed by atoms with Gasteiger partial charge < -0.3 is 10.4 Å². The first-order valence-corrected chi connectivity index (χ1v) is 5.26. The Labute approximate surface area is 98.2 Å². The summed E-state index contributed by atoms with van der Waals surface area (Å²) in [4.78, 5) is 0. The zero-order valence-electron chi connectivity index (χ0n) is 7.87. The van der Waals surface area contributed by atoms with Gasteiger partial charge in [-0.3, -0.25) is 0 Å². The molecule has 0 aliphatic heterocycles. The van der Waals surface area contributed by atoms with Gasteiger partial charge in [0.15, 0.2) is 0 Å². The zero-order valence-corrected chi connectivity index (χ0v) is 9.39. The van der Waals surface area contributed by atoms with Crippen LogP contribution in [0.5, 0.6) is 0 Å². The van der Waals surface area contributed by atoms with E-state index in [1.165, 1.54) is 0 Å². The first-order valence-electron chi connectivity index (χ1n) is 4.35. The Bertz CT molecular complexity index is 376. The molecular formula is C10H10Cl2N2O. The normalized spacial score (nSPS) is 11.9. The molecule has 0 heterocycles. The van der Waals surface area contributed by atoms with Crippen LogP contribution in [-0.4, -0.2) is 23.6 Å². The van der Waals surface area contributed by atoms with E-state index in [1.807, 2.05) is 6.07 Å². The fraction of sp³-hybridized carbons (Fsp3) is 0.300. The minimum Gasteiger partial charge on any atom is -0.390 e. The predicted molar refractivity (Wildman–Crippen MR) is 61.4 cm³/mol. The highest BCUT2D eigenvalue weighted by molar-refractivity contribution is 6.32. The number of anilines is 1. The molecule has 1 unspecified atom stereocenters. The molecule has 0 fully saturated rings. The van der Waals surface area contributed by atoms with Crippen molar-refractivity contribution in [3.05, 3.63) is 28.8 Å². The van der Waals surface area contributed by atoms with Crippen molar-refractivity contribution in [3.8, 4) is 6.07 Å². The van der Waals surface area contributed by atoms with Crippen LogP contribution in [0.1, 0.15) is 5.56 Å². The van der Waals surface area contributed by atoms with Crippen LogP contribution in [0, 0.1) is 11.3 Å². The second-order valence-corrected chi connectivity index (χ2v) is 3.68. The summed E-state index contributed by atoms with van der Waals surface area (Å²) in [6.45, 7) is 0.290. The van der Waals surface area contributed by atoms with Gasteiger partial charge in [0, 0.05) is 6.54 Å². The second-order valence-electron chi connectivity index (χ2n) is 2.96. The molecule has 0 saturated carbocycles. The van der Waals surface area contributed by atoms with Gasteiger partial charge >= 0.3 is 0 Å². The van der Waals surface area contributed by atoms with E-state index in [2.05, 4.69) is 5.32 Å². The number of benzene rings is 1. The lowest BCUT2D eigenvalue weighted by atomic mass is 10.2. The maximum absolute atomic E-state index is 9.24. The Morgan fingerprint density at radius 1 is 1.53 bits per heavy atom. The van der Waals surface area contributed by atoms with E-state index in [-0.39, 0.29) is 5.88 Å². The molecule has 3 nitrogen and oxygen atoms in total. The molecule has 80 valence electrons. The zero-order chi connectivity index (χ0) is 11.3. The second kappa shape index (κ2) is 5.82. The van der Waals surface area contributed by atoms with Crippen LogP contribution in [0.4, 0.5) is 5.69 Å². The van der Waals surface area contributed by atoms with Crippen LogP contribution in [0.15, 0.2) is 18.2 Å². The van der Waals surface area contributed by atoms with Gasteiger partial charge in [0.2, 0.25) is 0 Å². The maximum Gasteiger partial charge on any atom is 0.103 e. The lowest BCUT2D eigenvalue weighted by Crippen LogP contribution is -2.21. The number of nitrogens with one attached hydrogen (secondary N) is 1. The van der Waals surface area contributed by atoms with E-state index < -0.39 is 6.10 Å². The molecule has 0 bridgehead atoms. The first kappa shape index (κ1) is 12.1. The summed E-state index contributed by atoms with van der Waals surface area (Å²) < 4.78 is 0. The molecule has 0 saturated heterocycles. The van der Waals surface area contributed by atoms with Crippen molar-refractivity contribution in [2.75, 3.05) is 17.7 Å². The number of nitriles is 1. The van der Waals surface area contributed by atoms with Gasteiger partial charge in [-0.2, -0.15) is 5.26 Å². The third-order valence-electron chi connectivity index (χ3n) is 1.83. The highest BCUT2D eigenvalue weighted by atomic mass is 35.5. The van der Waals surface area contributed by atoms with Crippen molar-refractivity contribution >= 4 is 28.9 Å². The number of rotatable bonds is 4. The van der Waals surface area contributed by atoms with E-state index in [0.29, 0.717) is 22.8 Å². The summed E-state index contributed by atoms with van der Waals surface area (Å²) in [6, 6.07) is 7.10. The number of halogens is 2. The molecule has 5 heteroatoms. The predicted octanol–water partition coefficient (Wildman–Crippen LogP) is 2.22. The molecule has 2 N–H and O–H groups in total. The van der Waals surface area contributed by atoms with Gasteiger partial charge in [0.1, 0.15) is 6.07 Å². The van der Waals surface area contributed by atoms with Crippen molar-refractivity contribution in [3.63, 3.8) is 0 Å². The van der Waals surface area contributed by atoms with Gasteiger partial charge in [0.05, 0.1) is 28.3 Å². The average Bonchev–Trinajstić information content (AvgIpc) is 2.25. The van der Waals surface area contributed by atoms with Gasteiger partial charge in [0.25, 0.3) is 0 Å². The standard InChI is InChI=1S/C10H10Cl2N2O/c11-4-7(15)6-14-10-3-1-2-9(12)8(10)5-13/h1-3,7,14-15H,4,6H2. The molecule has 1 aromatic rings. The summed E-state index contributed by atoms with van der Waals surface area (Å²) in [7, 11) is 0. The molecule has 15 heavy (non-hydrogen) atoms. The number of aliphatic hydroxyl groups excluding tert-OH is 1. The maximum atomic E-state index is 9.24. The summed E-state index contributed by atoms with van der Waals surface area (Å²) in [5, 5.41) is 21.4. The Hall–Kier alpha value is -0.950. The number of hydrogen-bond acceptors (Lipinski definition) is 3. The topological polar surface area (TPSA) is 56.0 Å². The number of hydrogen-bond donors (Lipinski definition) is 2. The van der Waals surface area contributed by atoms with Crippen LogP contribution in [0.3, 0.4) is 0 Å². The summed E-state index contributed by atoms with van der Waals surface area (Å²) in [5.74, 6) is 0.148. The molecule has 0 spiro atoms. The molecule has 0 aliphatic rings. The lowest BCUT2D eigenvalue weighted by Gasteiger charge is -2.11. The largest absolute Gasteiger partial charge is 0.390 e. The van der Waals surface area contributed by atoms with Gasteiger partial charge in [-0.05, 0) is 12.1 Å². The van der Waals surface area contributed by atoms with Crippen molar-refractivity contribution in [2.24, 2.45) is 0 Å². The molecule has 0 aliphatic carbocycles. The van der Waals surface area contributed by atoms with Crippen LogP contribution < -0.4 is 5.32 Å². The average molecular weight is 245 g/mol. The minimum absolute atomic E-state index is 0.148. The quantitative estimate of drug-likeness (QED) is 0.799. The first-order chi connectivity index (χ1) is 7.19. The molecule has 1 aromatic carbocycles. The summed E-state index contributed by atoms with van der Waals surface area (Å²) in [5.41, 5.74) is 0.982. The monoisotopic (exact) mass is 244 g/mol. The van der Waals surface area contributed by atoms with Gasteiger partial charge in [-0.15, -0.1) is 11.6 Å². The Kier molecular flexibility index (Phi) is 4.70. The number of nitrogens with zero attached hydrogens (tertiary/aromatic N) is 1. The number of aliphatic hydroxyl groups is 1. The van der Waals surface area contributed by atoms with Gasteiger partial charge in [-0.1, -0.05) is 17.7 Å². The molecule has 0 amide bonds. The fourth-order valence-corrected chi connectivity index (χ4v) is 1.39. The smallest absolute Gasteiger partial charge is 0.103 e. The van der Waals surface area contributed by atoms with E-state index in [4.69, 9.17) is 28.5 Å². The Morgan fingerprint density at radius 3 is 2.87 bits per heavy atom. The Morgan fingerprint density at radius 2 is 2.27 bits per heavy atom. The third-order valence-corrected chi connectivity index (χ3v) is 2.50. The van der Waals surface area contributed by atoms with Crippen LogP contribution in [0.25, 0.3) is 0 Å². The summed E-state index contributed by atoms with van der Waals surface area (Å²) in [6.07, 6.45) is -0.641. The van der Waals surface area contributed by atoms with Crippen LogP contribution in [-0.2, 0) is 0 Å². The van der Waals surface area contributed by atoms with Crippen molar-refractivity contribution in [1.82, 2.24) is 0 Å².